The Morgan fingerprint density at radius 2 is 2.10 bits per heavy atom. The Labute approximate surface area is 129 Å². The van der Waals surface area contributed by atoms with Gasteiger partial charge in [-0.05, 0) is 34.1 Å². The van der Waals surface area contributed by atoms with Gasteiger partial charge in [-0.25, -0.2) is 4.98 Å². The van der Waals surface area contributed by atoms with Crippen molar-refractivity contribution >= 4 is 49.9 Å². The molecule has 0 spiro atoms. The first-order valence-corrected chi connectivity index (χ1v) is 7.77. The van der Waals surface area contributed by atoms with E-state index in [0.717, 1.165) is 27.7 Å². The molecule has 1 aromatic carbocycles. The molecule has 20 heavy (non-hydrogen) atoms. The van der Waals surface area contributed by atoms with Gasteiger partial charge in [0.05, 0.1) is 12.1 Å². The summed E-state index contributed by atoms with van der Waals surface area (Å²) in [6.45, 7) is 0.788. The van der Waals surface area contributed by atoms with E-state index in [9.17, 15) is 0 Å². The molecule has 4 nitrogen and oxygen atoms in total. The van der Waals surface area contributed by atoms with Gasteiger partial charge < -0.3 is 10.6 Å². The zero-order valence-corrected chi connectivity index (χ0v) is 13.3. The average molecular weight is 349 g/mol. The van der Waals surface area contributed by atoms with Crippen LogP contribution in [0.2, 0.25) is 0 Å². The van der Waals surface area contributed by atoms with E-state index in [0.29, 0.717) is 5.95 Å². The van der Waals surface area contributed by atoms with Gasteiger partial charge in [0.1, 0.15) is 5.82 Å². The quantitative estimate of drug-likeness (QED) is 0.784. The zero-order valence-electron chi connectivity index (χ0n) is 10.9. The Kier molecular flexibility index (Phi) is 3.58. The molecular weight excluding hydrogens is 336 g/mol. The second kappa shape index (κ2) is 5.38. The first kappa shape index (κ1) is 13.3. The molecule has 102 valence electrons. The van der Waals surface area contributed by atoms with Crippen LogP contribution >= 0.6 is 27.3 Å². The molecule has 2 heterocycles. The number of anilines is 2. The molecule has 3 aromatic rings. The first-order chi connectivity index (χ1) is 9.63. The fourth-order valence-corrected chi connectivity index (χ4v) is 3.62. The molecule has 0 fully saturated rings. The predicted octanol–water partition coefficient (Wildman–Crippen LogP) is 3.67. The van der Waals surface area contributed by atoms with Gasteiger partial charge in [0, 0.05) is 27.2 Å². The molecule has 0 aliphatic heterocycles. The van der Waals surface area contributed by atoms with Crippen LogP contribution in [0.15, 0.2) is 40.2 Å². The van der Waals surface area contributed by atoms with Crippen molar-refractivity contribution in [2.24, 2.45) is 0 Å². The monoisotopic (exact) mass is 348 g/mol. The fourth-order valence-electron chi connectivity index (χ4n) is 2.11. The van der Waals surface area contributed by atoms with Gasteiger partial charge >= 0.3 is 0 Å². The highest BCUT2D eigenvalue weighted by molar-refractivity contribution is 9.10. The minimum Gasteiger partial charge on any atom is -0.368 e. The molecule has 0 saturated heterocycles. The lowest BCUT2D eigenvalue weighted by molar-refractivity contribution is 0.917. The largest absolute Gasteiger partial charge is 0.368 e. The minimum absolute atomic E-state index is 0.304. The number of hydrogen-bond acceptors (Lipinski definition) is 5. The molecule has 0 unspecified atom stereocenters. The topological polar surface area (TPSA) is 55.0 Å². The van der Waals surface area contributed by atoms with E-state index in [4.69, 9.17) is 5.73 Å². The van der Waals surface area contributed by atoms with Crippen LogP contribution in [0.4, 0.5) is 11.8 Å². The van der Waals surface area contributed by atoms with E-state index in [2.05, 4.69) is 42.2 Å². The maximum absolute atomic E-state index is 5.81. The maximum Gasteiger partial charge on any atom is 0.222 e. The molecule has 3 rings (SSSR count). The summed E-state index contributed by atoms with van der Waals surface area (Å²) in [5.41, 5.74) is 6.68. The summed E-state index contributed by atoms with van der Waals surface area (Å²) in [4.78, 5) is 12.0. The van der Waals surface area contributed by atoms with E-state index in [1.54, 1.807) is 11.3 Å². The van der Waals surface area contributed by atoms with Crippen LogP contribution in [0.3, 0.4) is 0 Å². The second-order valence-corrected chi connectivity index (χ2v) is 6.42. The van der Waals surface area contributed by atoms with Crippen molar-refractivity contribution in [3.8, 4) is 0 Å². The SMILES string of the molecule is CN(Cc1cc(Br)cs1)c1nc(N)nc2ccccc12. The summed E-state index contributed by atoms with van der Waals surface area (Å²) < 4.78 is 1.11. The van der Waals surface area contributed by atoms with Crippen molar-refractivity contribution in [1.29, 1.82) is 0 Å². The highest BCUT2D eigenvalue weighted by Gasteiger charge is 2.11. The van der Waals surface area contributed by atoms with Crippen LogP contribution < -0.4 is 10.6 Å². The number of nitrogens with zero attached hydrogens (tertiary/aromatic N) is 3. The lowest BCUT2D eigenvalue weighted by atomic mass is 10.2. The molecule has 0 bridgehead atoms. The molecule has 0 atom stereocenters. The number of fused-ring (bicyclic) bond motifs is 1. The van der Waals surface area contributed by atoms with Crippen molar-refractivity contribution in [3.63, 3.8) is 0 Å². The van der Waals surface area contributed by atoms with E-state index in [1.165, 1.54) is 4.88 Å². The molecule has 2 N–H and O–H groups in total. The molecule has 0 saturated carbocycles. The molecule has 2 aromatic heterocycles. The summed E-state index contributed by atoms with van der Waals surface area (Å²) in [6.07, 6.45) is 0. The summed E-state index contributed by atoms with van der Waals surface area (Å²) in [5, 5.41) is 3.09. The number of benzene rings is 1. The van der Waals surface area contributed by atoms with Crippen LogP contribution in [0.25, 0.3) is 10.9 Å². The summed E-state index contributed by atoms with van der Waals surface area (Å²) in [6, 6.07) is 10.0. The van der Waals surface area contributed by atoms with Crippen LogP contribution in [0.5, 0.6) is 0 Å². The van der Waals surface area contributed by atoms with Crippen molar-refractivity contribution in [2.45, 2.75) is 6.54 Å². The Balaban J connectivity index is 2.00. The van der Waals surface area contributed by atoms with Gasteiger partial charge in [-0.3, -0.25) is 0 Å². The van der Waals surface area contributed by atoms with Crippen molar-refractivity contribution in [2.75, 3.05) is 17.7 Å². The third-order valence-electron chi connectivity index (χ3n) is 2.98. The standard InChI is InChI=1S/C14H13BrN4S/c1-19(7-10-6-9(15)8-20-10)13-11-4-2-3-5-12(11)17-14(16)18-13/h2-6,8H,7H2,1H3,(H2,16,17,18). The second-order valence-electron chi connectivity index (χ2n) is 4.51. The first-order valence-electron chi connectivity index (χ1n) is 6.10. The minimum atomic E-state index is 0.304. The Hall–Kier alpha value is -1.66. The smallest absolute Gasteiger partial charge is 0.222 e. The van der Waals surface area contributed by atoms with Crippen molar-refractivity contribution < 1.29 is 0 Å². The predicted molar refractivity (Wildman–Crippen MR) is 88.1 cm³/mol. The summed E-state index contributed by atoms with van der Waals surface area (Å²) in [5.74, 6) is 1.16. The summed E-state index contributed by atoms with van der Waals surface area (Å²) in [7, 11) is 2.02. The van der Waals surface area contributed by atoms with Crippen LogP contribution in [-0.2, 0) is 6.54 Å². The third-order valence-corrected chi connectivity index (χ3v) is 4.66. The number of nitrogens with two attached hydrogens (primary N) is 1. The lowest BCUT2D eigenvalue weighted by Gasteiger charge is -2.19. The van der Waals surface area contributed by atoms with Gasteiger partial charge in [0.15, 0.2) is 0 Å². The highest BCUT2D eigenvalue weighted by Crippen LogP contribution is 2.27. The normalized spacial score (nSPS) is 10.9. The van der Waals surface area contributed by atoms with Gasteiger partial charge in [0.25, 0.3) is 0 Å². The Morgan fingerprint density at radius 1 is 1.30 bits per heavy atom. The highest BCUT2D eigenvalue weighted by atomic mass is 79.9. The number of nitrogen functional groups attached to an aromatic ring is 1. The number of rotatable bonds is 3. The van der Waals surface area contributed by atoms with Gasteiger partial charge in [-0.2, -0.15) is 4.98 Å². The lowest BCUT2D eigenvalue weighted by Crippen LogP contribution is -2.18. The number of thiophene rings is 1. The van der Waals surface area contributed by atoms with E-state index in [1.807, 2.05) is 31.3 Å². The number of aromatic nitrogens is 2. The molecular formula is C14H13BrN4S. The number of hydrogen-bond donors (Lipinski definition) is 1. The Morgan fingerprint density at radius 3 is 2.85 bits per heavy atom. The number of para-hydroxylation sites is 1. The van der Waals surface area contributed by atoms with Crippen LogP contribution in [0.1, 0.15) is 4.88 Å². The number of halogens is 1. The van der Waals surface area contributed by atoms with Crippen molar-refractivity contribution in [3.05, 3.63) is 45.1 Å². The summed E-state index contributed by atoms with van der Waals surface area (Å²) >= 11 is 5.19. The molecule has 0 amide bonds. The van der Waals surface area contributed by atoms with Gasteiger partial charge in [-0.1, -0.05) is 12.1 Å². The zero-order chi connectivity index (χ0) is 14.1. The van der Waals surface area contributed by atoms with Crippen LogP contribution in [-0.4, -0.2) is 17.0 Å². The third kappa shape index (κ3) is 2.62. The fraction of sp³-hybridized carbons (Fsp3) is 0.143. The average Bonchev–Trinajstić information content (AvgIpc) is 2.83. The maximum atomic E-state index is 5.81. The molecule has 6 heteroatoms. The van der Waals surface area contributed by atoms with E-state index < -0.39 is 0 Å². The molecule has 0 aliphatic carbocycles. The molecule has 0 aliphatic rings. The van der Waals surface area contributed by atoms with Crippen LogP contribution in [0, 0.1) is 0 Å². The van der Waals surface area contributed by atoms with Gasteiger partial charge in [0.2, 0.25) is 5.95 Å². The molecule has 0 radical (unpaired) electrons. The van der Waals surface area contributed by atoms with Gasteiger partial charge in [-0.15, -0.1) is 11.3 Å². The van der Waals surface area contributed by atoms with E-state index in [-0.39, 0.29) is 0 Å². The van der Waals surface area contributed by atoms with E-state index >= 15 is 0 Å². The van der Waals surface area contributed by atoms with Crippen molar-refractivity contribution in [1.82, 2.24) is 9.97 Å². The Bertz CT molecular complexity index is 756.